The van der Waals surface area contributed by atoms with Gasteiger partial charge >= 0.3 is 0 Å². The van der Waals surface area contributed by atoms with E-state index in [1.54, 1.807) is 11.8 Å². The molecule has 2 aromatic heterocycles. The predicted octanol–water partition coefficient (Wildman–Crippen LogP) is 3.24. The minimum Gasteiger partial charge on any atom is -0.334 e. The predicted molar refractivity (Wildman–Crippen MR) is 102 cm³/mol. The van der Waals surface area contributed by atoms with E-state index in [9.17, 15) is 4.79 Å². The van der Waals surface area contributed by atoms with Gasteiger partial charge in [-0.2, -0.15) is 4.98 Å². The zero-order valence-corrected chi connectivity index (χ0v) is 15.5. The average Bonchev–Trinajstić information content (AvgIpc) is 3.11. The zero-order chi connectivity index (χ0) is 18.1. The van der Waals surface area contributed by atoms with Crippen molar-refractivity contribution >= 4 is 11.8 Å². The van der Waals surface area contributed by atoms with E-state index in [0.29, 0.717) is 22.5 Å². The summed E-state index contributed by atoms with van der Waals surface area (Å²) in [4.78, 5) is 21.0. The molecule has 0 saturated heterocycles. The highest BCUT2D eigenvalue weighted by Crippen LogP contribution is 2.27. The summed E-state index contributed by atoms with van der Waals surface area (Å²) in [5.74, 6) is 0.728. The van der Waals surface area contributed by atoms with Gasteiger partial charge in [0.2, 0.25) is 5.82 Å². The fraction of sp³-hybridized carbons (Fsp3) is 0.316. The normalized spacial score (nSPS) is 13.8. The number of benzene rings is 1. The Balaban J connectivity index is 1.63. The molecular weight excluding hydrogens is 348 g/mol. The standard InChI is InChI=1S/C19H20N4O2S/c1-11(2)26-14-5-3-12(4-6-14)19-22-17(23-25-19)15-9-13-10-20-8-7-16(13)21-18(15)24/h3-6,9,11,20H,7-8,10H2,1-2H3,(H,21,24). The van der Waals surface area contributed by atoms with Gasteiger partial charge in [-0.3, -0.25) is 4.79 Å². The van der Waals surface area contributed by atoms with Crippen LogP contribution in [0.15, 0.2) is 44.5 Å². The van der Waals surface area contributed by atoms with Gasteiger partial charge in [0.15, 0.2) is 0 Å². The molecule has 0 atom stereocenters. The van der Waals surface area contributed by atoms with Crippen LogP contribution in [0.1, 0.15) is 25.1 Å². The first-order valence-corrected chi connectivity index (χ1v) is 9.55. The minimum absolute atomic E-state index is 0.179. The molecule has 0 amide bonds. The van der Waals surface area contributed by atoms with Crippen molar-refractivity contribution in [2.45, 2.75) is 37.0 Å². The molecule has 0 radical (unpaired) electrons. The average molecular weight is 368 g/mol. The molecule has 1 aliphatic heterocycles. The van der Waals surface area contributed by atoms with Gasteiger partial charge in [0.25, 0.3) is 11.4 Å². The fourth-order valence-corrected chi connectivity index (χ4v) is 3.83. The maximum Gasteiger partial charge on any atom is 0.259 e. The summed E-state index contributed by atoms with van der Waals surface area (Å²) in [7, 11) is 0. The third-order valence-electron chi connectivity index (χ3n) is 4.22. The topological polar surface area (TPSA) is 83.8 Å². The Morgan fingerprint density at radius 2 is 2.04 bits per heavy atom. The molecule has 6 nitrogen and oxygen atoms in total. The van der Waals surface area contributed by atoms with Crippen molar-refractivity contribution in [2.75, 3.05) is 6.54 Å². The second-order valence-corrected chi connectivity index (χ2v) is 8.21. The number of aromatic nitrogens is 3. The van der Waals surface area contributed by atoms with E-state index < -0.39 is 0 Å². The molecule has 0 fully saturated rings. The molecule has 1 aliphatic rings. The first-order chi connectivity index (χ1) is 12.6. The van der Waals surface area contributed by atoms with Crippen LogP contribution < -0.4 is 10.9 Å². The Bertz CT molecular complexity index is 976. The van der Waals surface area contributed by atoms with Gasteiger partial charge in [-0.25, -0.2) is 0 Å². The van der Waals surface area contributed by atoms with Gasteiger partial charge in [-0.05, 0) is 35.9 Å². The summed E-state index contributed by atoms with van der Waals surface area (Å²) in [6.07, 6.45) is 0.823. The van der Waals surface area contributed by atoms with Crippen LogP contribution in [0.2, 0.25) is 0 Å². The monoisotopic (exact) mass is 368 g/mol. The van der Waals surface area contributed by atoms with Crippen LogP contribution in [0, 0.1) is 0 Å². The lowest BCUT2D eigenvalue weighted by atomic mass is 10.0. The van der Waals surface area contributed by atoms with Gasteiger partial charge in [0.05, 0.1) is 5.56 Å². The third kappa shape index (κ3) is 3.45. The first-order valence-electron chi connectivity index (χ1n) is 8.67. The van der Waals surface area contributed by atoms with Crippen molar-refractivity contribution in [1.82, 2.24) is 20.4 Å². The van der Waals surface area contributed by atoms with Gasteiger partial charge in [0, 0.05) is 40.9 Å². The fourth-order valence-electron chi connectivity index (χ4n) is 2.99. The Hall–Kier alpha value is -2.38. The SMILES string of the molecule is CC(C)Sc1ccc(-c2nc(-c3cc4c([nH]c3=O)CCNC4)no2)cc1. The van der Waals surface area contributed by atoms with Crippen LogP contribution in [0.4, 0.5) is 0 Å². The lowest BCUT2D eigenvalue weighted by Crippen LogP contribution is -2.27. The maximum absolute atomic E-state index is 12.4. The second kappa shape index (κ2) is 7.09. The number of hydrogen-bond acceptors (Lipinski definition) is 6. The number of aromatic amines is 1. The lowest BCUT2D eigenvalue weighted by molar-refractivity contribution is 0.432. The van der Waals surface area contributed by atoms with Crippen LogP contribution >= 0.6 is 11.8 Å². The minimum atomic E-state index is -0.179. The highest BCUT2D eigenvalue weighted by atomic mass is 32.2. The molecule has 2 N–H and O–H groups in total. The Labute approximate surface area is 155 Å². The summed E-state index contributed by atoms with van der Waals surface area (Å²) in [5, 5.41) is 7.84. The van der Waals surface area contributed by atoms with Crippen LogP contribution in [-0.2, 0) is 13.0 Å². The maximum atomic E-state index is 12.4. The van der Waals surface area contributed by atoms with Crippen LogP contribution in [0.3, 0.4) is 0 Å². The van der Waals surface area contributed by atoms with Crippen molar-refractivity contribution in [3.05, 3.63) is 51.9 Å². The Morgan fingerprint density at radius 1 is 1.23 bits per heavy atom. The summed E-state index contributed by atoms with van der Waals surface area (Å²) < 4.78 is 5.39. The number of nitrogens with one attached hydrogen (secondary N) is 2. The molecule has 134 valence electrons. The van der Waals surface area contributed by atoms with E-state index in [4.69, 9.17) is 4.52 Å². The molecule has 0 aliphatic carbocycles. The van der Waals surface area contributed by atoms with Crippen molar-refractivity contribution in [3.8, 4) is 22.8 Å². The van der Waals surface area contributed by atoms with E-state index in [1.165, 1.54) is 4.90 Å². The Morgan fingerprint density at radius 3 is 2.81 bits per heavy atom. The first kappa shape index (κ1) is 17.1. The summed E-state index contributed by atoms with van der Waals surface area (Å²) in [6, 6.07) is 9.87. The molecule has 26 heavy (non-hydrogen) atoms. The molecule has 1 aromatic carbocycles. The van der Waals surface area contributed by atoms with Crippen molar-refractivity contribution in [1.29, 1.82) is 0 Å². The number of rotatable bonds is 4. The van der Waals surface area contributed by atoms with Gasteiger partial charge in [-0.1, -0.05) is 19.0 Å². The smallest absolute Gasteiger partial charge is 0.259 e. The van der Waals surface area contributed by atoms with Crippen molar-refractivity contribution < 1.29 is 4.52 Å². The molecule has 0 spiro atoms. The largest absolute Gasteiger partial charge is 0.334 e. The molecule has 0 bridgehead atoms. The Kier molecular flexibility index (Phi) is 4.65. The highest BCUT2D eigenvalue weighted by Gasteiger charge is 2.18. The number of hydrogen-bond donors (Lipinski definition) is 2. The van der Waals surface area contributed by atoms with E-state index in [2.05, 4.69) is 34.3 Å². The van der Waals surface area contributed by atoms with E-state index in [0.717, 1.165) is 36.3 Å². The van der Waals surface area contributed by atoms with Gasteiger partial charge in [0.1, 0.15) is 0 Å². The van der Waals surface area contributed by atoms with E-state index in [-0.39, 0.29) is 5.56 Å². The number of thioether (sulfide) groups is 1. The number of nitrogens with zero attached hydrogens (tertiary/aromatic N) is 2. The highest BCUT2D eigenvalue weighted by molar-refractivity contribution is 7.99. The van der Waals surface area contributed by atoms with E-state index in [1.807, 2.05) is 30.3 Å². The van der Waals surface area contributed by atoms with Gasteiger partial charge < -0.3 is 14.8 Å². The molecule has 0 unspecified atom stereocenters. The van der Waals surface area contributed by atoms with Crippen LogP contribution in [0.25, 0.3) is 22.8 Å². The lowest BCUT2D eigenvalue weighted by Gasteiger charge is -2.16. The number of pyridine rings is 1. The quantitative estimate of drug-likeness (QED) is 0.688. The molecular formula is C19H20N4O2S. The zero-order valence-electron chi connectivity index (χ0n) is 14.7. The molecule has 0 saturated carbocycles. The summed E-state index contributed by atoms with van der Waals surface area (Å²) in [5.41, 5.74) is 3.16. The van der Waals surface area contributed by atoms with Crippen LogP contribution in [-0.4, -0.2) is 26.9 Å². The van der Waals surface area contributed by atoms with E-state index >= 15 is 0 Å². The van der Waals surface area contributed by atoms with Gasteiger partial charge in [-0.15, -0.1) is 11.8 Å². The van der Waals surface area contributed by atoms with Crippen molar-refractivity contribution in [2.24, 2.45) is 0 Å². The third-order valence-corrected chi connectivity index (χ3v) is 5.24. The molecule has 4 rings (SSSR count). The number of fused-ring (bicyclic) bond motifs is 1. The van der Waals surface area contributed by atoms with Crippen LogP contribution in [0.5, 0.6) is 0 Å². The summed E-state index contributed by atoms with van der Waals surface area (Å²) >= 11 is 1.80. The molecule has 3 heterocycles. The molecule has 7 heteroatoms. The number of H-pyrrole nitrogens is 1. The van der Waals surface area contributed by atoms with Crippen molar-refractivity contribution in [3.63, 3.8) is 0 Å². The second-order valence-electron chi connectivity index (χ2n) is 6.56. The summed E-state index contributed by atoms with van der Waals surface area (Å²) in [6.45, 7) is 5.93. The molecule has 3 aromatic rings.